The summed E-state index contributed by atoms with van der Waals surface area (Å²) in [6.07, 6.45) is 1.78. The Morgan fingerprint density at radius 1 is 0.677 bits per heavy atom. The third-order valence-corrected chi connectivity index (χ3v) is 6.10. The van der Waals surface area contributed by atoms with Gasteiger partial charge in [-0.2, -0.15) is 17.7 Å². The summed E-state index contributed by atoms with van der Waals surface area (Å²) in [5.41, 5.74) is 0.604. The molecule has 0 spiro atoms. The van der Waals surface area contributed by atoms with Gasteiger partial charge in [0.1, 0.15) is 0 Å². The quantitative estimate of drug-likeness (QED) is 0.176. The number of rotatable bonds is 3. The van der Waals surface area contributed by atoms with E-state index >= 15 is 0 Å². The number of hydrogen-bond acceptors (Lipinski definition) is 1. The van der Waals surface area contributed by atoms with Crippen molar-refractivity contribution in [2.45, 2.75) is 0 Å². The standard InChI is InChI=1S/2C8H11P.C7H5O.CO.2ClH.Ir/c2*1-9(2)8-6-4-3-5-7-8;8-6-7-4-2-1-3-5-7;1-2;;;/h2*3-7H,1-2H3;1-5H;;2*1H;/q;;-1;;;;+3/p-2. The molecule has 3 rings (SSSR count). The zero-order chi connectivity index (χ0) is 23.9. The van der Waals surface area contributed by atoms with E-state index in [4.69, 9.17) is 23.8 Å². The molecule has 0 aliphatic heterocycles. The first-order chi connectivity index (χ1) is 15.0. The summed E-state index contributed by atoms with van der Waals surface area (Å²) in [5.74, 6) is 0. The molecule has 0 heterocycles. The van der Waals surface area contributed by atoms with E-state index in [-0.39, 0.29) is 15.8 Å². The molecule has 0 saturated heterocycles. The molecule has 2 nitrogen and oxygen atoms in total. The average molecular weight is 673 g/mol. The first-order valence-corrected chi connectivity index (χ1v) is 19.3. The van der Waals surface area contributed by atoms with Gasteiger partial charge in [0, 0.05) is 0 Å². The van der Waals surface area contributed by atoms with Crippen LogP contribution in [-0.2, 0) is 25.1 Å². The zero-order valence-electron chi connectivity index (χ0n) is 18.0. The van der Waals surface area contributed by atoms with Crippen molar-refractivity contribution >= 4 is 51.9 Å². The van der Waals surface area contributed by atoms with E-state index in [0.29, 0.717) is 5.56 Å². The molecule has 0 aliphatic rings. The van der Waals surface area contributed by atoms with Gasteiger partial charge in [0.2, 0.25) is 0 Å². The van der Waals surface area contributed by atoms with Crippen LogP contribution < -0.4 is 10.6 Å². The van der Waals surface area contributed by atoms with Gasteiger partial charge in [0.25, 0.3) is 0 Å². The molecule has 0 unspecified atom stereocenters. The van der Waals surface area contributed by atoms with Gasteiger partial charge in [0.15, 0.2) is 0 Å². The first kappa shape index (κ1) is 32.3. The number of benzene rings is 3. The van der Waals surface area contributed by atoms with Crippen molar-refractivity contribution in [3.8, 4) is 0 Å². The summed E-state index contributed by atoms with van der Waals surface area (Å²) >= 11 is -0.556. The summed E-state index contributed by atoms with van der Waals surface area (Å²) in [5, 5.41) is 2.96. The van der Waals surface area contributed by atoms with E-state index < -0.39 is 15.7 Å². The van der Waals surface area contributed by atoms with Gasteiger partial charge in [-0.15, -0.1) is 12.1 Å². The molecule has 0 bridgehead atoms. The molecule has 31 heavy (non-hydrogen) atoms. The number of hydrogen-bond donors (Lipinski definition) is 0. The minimum atomic E-state index is -0.556. The Hall–Kier alpha value is -0.841. The summed E-state index contributed by atoms with van der Waals surface area (Å²) in [6, 6.07) is 30.1. The van der Waals surface area contributed by atoms with E-state index in [1.54, 1.807) is 30.6 Å². The molecule has 0 atom stereocenters. The second kappa shape index (κ2) is 23.8. The molecule has 0 aromatic heterocycles. The molecular weight excluding hydrogens is 645 g/mol. The minimum absolute atomic E-state index is 0.104. The van der Waals surface area contributed by atoms with E-state index in [0.717, 1.165) is 0 Å². The Bertz CT molecular complexity index is 744. The topological polar surface area (TPSA) is 37.0 Å². The van der Waals surface area contributed by atoms with Crippen LogP contribution in [0.15, 0.2) is 91.0 Å². The third-order valence-electron chi connectivity index (χ3n) is 3.44. The van der Waals surface area contributed by atoms with Crippen molar-refractivity contribution in [3.63, 3.8) is 0 Å². The van der Waals surface area contributed by atoms with Crippen molar-refractivity contribution in [3.05, 3.63) is 103 Å². The van der Waals surface area contributed by atoms with E-state index in [2.05, 4.69) is 94.0 Å². The number of halogens is 2. The average Bonchev–Trinajstić information content (AvgIpc) is 2.83. The normalized spacial score (nSPS) is 8.84. The molecule has 3 aromatic carbocycles. The predicted molar refractivity (Wildman–Crippen MR) is 137 cm³/mol. The van der Waals surface area contributed by atoms with Crippen LogP contribution in [0, 0.1) is 6.65 Å². The second-order valence-electron chi connectivity index (χ2n) is 5.98. The summed E-state index contributed by atoms with van der Waals surface area (Å²) in [4.78, 5) is 9.88. The monoisotopic (exact) mass is 672 g/mol. The second-order valence-corrected chi connectivity index (χ2v) is 14.0. The Labute approximate surface area is 205 Å². The Kier molecular flexibility index (Phi) is 24.8. The van der Waals surface area contributed by atoms with Gasteiger partial charge in [-0.05, 0) is 37.3 Å². The van der Waals surface area contributed by atoms with Crippen LogP contribution in [0.2, 0.25) is 0 Å². The maximum absolute atomic E-state index is 9.88. The fraction of sp³-hybridized carbons (Fsp3) is 0.167. The van der Waals surface area contributed by atoms with Crippen LogP contribution in [0.1, 0.15) is 5.56 Å². The first-order valence-electron chi connectivity index (χ1n) is 8.88. The zero-order valence-corrected chi connectivity index (χ0v) is 23.7. The summed E-state index contributed by atoms with van der Waals surface area (Å²) in [6.45, 7) is 13.6. The van der Waals surface area contributed by atoms with Crippen LogP contribution in [0.4, 0.5) is 0 Å². The van der Waals surface area contributed by atoms with Gasteiger partial charge in [0.05, 0.1) is 6.29 Å². The maximum atomic E-state index is 9.88. The van der Waals surface area contributed by atoms with E-state index in [1.165, 1.54) is 10.6 Å². The number of carbonyl (C=O) groups excluding carboxylic acids is 1. The van der Waals surface area contributed by atoms with E-state index in [1.807, 2.05) is 6.07 Å². The molecule has 0 saturated carbocycles. The molecule has 0 radical (unpaired) electrons. The van der Waals surface area contributed by atoms with Crippen molar-refractivity contribution in [2.24, 2.45) is 0 Å². The SMILES string of the molecule is CP(C)c1ccccc1.CP(C)c1ccccc1.O=[C-]c1ccccc1.[C-]#[O+].[Cl][Ir+][Cl]. The molecule has 0 aliphatic carbocycles. The Morgan fingerprint density at radius 3 is 1.10 bits per heavy atom. The van der Waals surface area contributed by atoms with Gasteiger partial charge in [-0.3, -0.25) is 0 Å². The molecule has 0 fully saturated rings. The van der Waals surface area contributed by atoms with E-state index in [9.17, 15) is 4.79 Å². The van der Waals surface area contributed by atoms with Crippen molar-refractivity contribution in [1.29, 1.82) is 0 Å². The molecule has 7 heteroatoms. The molecular formula is C24H27Cl2IrO2P2. The third kappa shape index (κ3) is 19.6. The Morgan fingerprint density at radius 2 is 0.935 bits per heavy atom. The van der Waals surface area contributed by atoms with Crippen molar-refractivity contribution in [2.75, 3.05) is 26.7 Å². The summed E-state index contributed by atoms with van der Waals surface area (Å²) in [7, 11) is 9.99. The van der Waals surface area contributed by atoms with Crippen LogP contribution in [0.3, 0.4) is 0 Å². The van der Waals surface area contributed by atoms with Gasteiger partial charge < -0.3 is 4.79 Å². The molecule has 0 amide bonds. The fourth-order valence-electron chi connectivity index (χ4n) is 1.96. The Balaban J connectivity index is 0. The van der Waals surface area contributed by atoms with Crippen molar-refractivity contribution in [1.82, 2.24) is 0 Å². The van der Waals surface area contributed by atoms with Crippen LogP contribution in [0.5, 0.6) is 0 Å². The predicted octanol–water partition coefficient (Wildman–Crippen LogP) is 6.59. The van der Waals surface area contributed by atoms with Crippen molar-refractivity contribution < 1.29 is 25.1 Å². The van der Waals surface area contributed by atoms with Gasteiger partial charge in [-0.1, -0.05) is 82.6 Å². The van der Waals surface area contributed by atoms with Crippen LogP contribution >= 0.6 is 35.0 Å². The van der Waals surface area contributed by atoms with Gasteiger partial charge >= 0.3 is 46.1 Å². The molecule has 168 valence electrons. The molecule has 0 N–H and O–H groups in total. The van der Waals surface area contributed by atoms with Crippen LogP contribution in [-0.4, -0.2) is 32.9 Å². The van der Waals surface area contributed by atoms with Gasteiger partial charge in [-0.25, -0.2) is 0 Å². The molecule has 3 aromatic rings. The summed E-state index contributed by atoms with van der Waals surface area (Å²) < 4.78 is 7.50. The van der Waals surface area contributed by atoms with Crippen LogP contribution in [0.25, 0.3) is 0 Å². The fourth-order valence-corrected chi connectivity index (χ4v) is 3.50.